The fourth-order valence-corrected chi connectivity index (χ4v) is 5.62. The monoisotopic (exact) mass is 262 g/mol. The first-order chi connectivity index (χ1) is 9.21. The molecule has 5 fully saturated rings. The summed E-state index contributed by atoms with van der Waals surface area (Å²) < 4.78 is 0. The zero-order valence-corrected chi connectivity index (χ0v) is 11.8. The van der Waals surface area contributed by atoms with Gasteiger partial charge in [0.25, 0.3) is 0 Å². The van der Waals surface area contributed by atoms with Crippen molar-refractivity contribution in [3.05, 3.63) is 0 Å². The van der Waals surface area contributed by atoms with Gasteiger partial charge in [-0.2, -0.15) is 0 Å². The van der Waals surface area contributed by atoms with Gasteiger partial charge >= 0.3 is 0 Å². The number of carbonyl (C=O) groups excluding carboxylic acids is 1. The molecule has 0 unspecified atom stereocenters. The fraction of sp³-hybridized carbons (Fsp3) is 0.938. The van der Waals surface area contributed by atoms with Crippen molar-refractivity contribution in [3.8, 4) is 0 Å². The third kappa shape index (κ3) is 2.31. The van der Waals surface area contributed by atoms with E-state index in [1.54, 1.807) is 0 Å². The molecule has 0 radical (unpaired) electrons. The highest BCUT2D eigenvalue weighted by atomic mass is 16.1. The molecule has 106 valence electrons. The number of rotatable bonds is 4. The highest BCUT2D eigenvalue weighted by Gasteiger charge is 2.50. The lowest BCUT2D eigenvalue weighted by molar-refractivity contribution is -0.124. The van der Waals surface area contributed by atoms with Gasteiger partial charge in [-0.3, -0.25) is 4.79 Å². The van der Waals surface area contributed by atoms with Crippen molar-refractivity contribution in [2.45, 2.75) is 44.9 Å². The molecule has 0 aromatic heterocycles. The van der Waals surface area contributed by atoms with Crippen molar-refractivity contribution in [2.24, 2.45) is 29.1 Å². The quantitative estimate of drug-likeness (QED) is 0.813. The van der Waals surface area contributed by atoms with Crippen LogP contribution in [-0.4, -0.2) is 25.5 Å². The SMILES string of the molecule is O=C(CC1CNC1)NCC12CC3CC(CC(C3)C1)C2. The first kappa shape index (κ1) is 12.2. The molecule has 4 saturated carbocycles. The Balaban J connectivity index is 1.33. The third-order valence-corrected chi connectivity index (χ3v) is 6.17. The number of hydrogen-bond acceptors (Lipinski definition) is 2. The molecular weight excluding hydrogens is 236 g/mol. The van der Waals surface area contributed by atoms with Crippen LogP contribution in [0.3, 0.4) is 0 Å². The van der Waals surface area contributed by atoms with Crippen molar-refractivity contribution in [2.75, 3.05) is 19.6 Å². The maximum Gasteiger partial charge on any atom is 0.220 e. The Hall–Kier alpha value is -0.570. The molecule has 0 atom stereocenters. The highest BCUT2D eigenvalue weighted by Crippen LogP contribution is 2.59. The molecule has 0 aromatic rings. The van der Waals surface area contributed by atoms with Gasteiger partial charge in [0.15, 0.2) is 0 Å². The van der Waals surface area contributed by atoms with Gasteiger partial charge in [-0.15, -0.1) is 0 Å². The molecule has 0 spiro atoms. The van der Waals surface area contributed by atoms with Gasteiger partial charge in [-0.1, -0.05) is 0 Å². The van der Waals surface area contributed by atoms with Crippen molar-refractivity contribution in [1.82, 2.24) is 10.6 Å². The van der Waals surface area contributed by atoms with Crippen molar-refractivity contribution in [1.29, 1.82) is 0 Å². The van der Waals surface area contributed by atoms with E-state index in [2.05, 4.69) is 10.6 Å². The molecule has 4 bridgehead atoms. The Labute approximate surface area is 115 Å². The van der Waals surface area contributed by atoms with Crippen LogP contribution in [0.1, 0.15) is 44.9 Å². The second kappa shape index (κ2) is 4.47. The van der Waals surface area contributed by atoms with E-state index in [-0.39, 0.29) is 0 Å². The summed E-state index contributed by atoms with van der Waals surface area (Å²) in [4.78, 5) is 12.0. The van der Waals surface area contributed by atoms with Gasteiger partial charge in [0, 0.05) is 13.0 Å². The summed E-state index contributed by atoms with van der Waals surface area (Å²) in [6.07, 6.45) is 9.38. The average Bonchev–Trinajstić information content (AvgIpc) is 2.30. The molecule has 19 heavy (non-hydrogen) atoms. The van der Waals surface area contributed by atoms with E-state index in [0.717, 1.165) is 43.8 Å². The molecule has 4 aliphatic carbocycles. The molecular formula is C16H26N2O. The number of carbonyl (C=O) groups is 1. The normalized spacial score (nSPS) is 44.1. The molecule has 5 rings (SSSR count). The smallest absolute Gasteiger partial charge is 0.220 e. The molecule has 5 aliphatic rings. The van der Waals surface area contributed by atoms with Crippen LogP contribution in [0.2, 0.25) is 0 Å². The second-order valence-corrected chi connectivity index (χ2v) is 7.92. The second-order valence-electron chi connectivity index (χ2n) is 7.92. The van der Waals surface area contributed by atoms with Crippen LogP contribution < -0.4 is 10.6 Å². The average molecular weight is 262 g/mol. The highest BCUT2D eigenvalue weighted by molar-refractivity contribution is 5.76. The number of hydrogen-bond donors (Lipinski definition) is 2. The summed E-state index contributed by atoms with van der Waals surface area (Å²) in [5, 5.41) is 6.51. The van der Waals surface area contributed by atoms with E-state index < -0.39 is 0 Å². The Morgan fingerprint density at radius 2 is 1.63 bits per heavy atom. The predicted octanol–water partition coefficient (Wildman–Crippen LogP) is 1.93. The Bertz CT molecular complexity index is 340. The summed E-state index contributed by atoms with van der Waals surface area (Å²) in [5.74, 6) is 3.84. The summed E-state index contributed by atoms with van der Waals surface area (Å²) in [7, 11) is 0. The molecule has 1 amide bonds. The van der Waals surface area contributed by atoms with Crippen LogP contribution in [0.25, 0.3) is 0 Å². The molecule has 3 nitrogen and oxygen atoms in total. The molecule has 1 aliphatic heterocycles. The first-order valence-electron chi connectivity index (χ1n) is 8.18. The lowest BCUT2D eigenvalue weighted by atomic mass is 9.49. The van der Waals surface area contributed by atoms with E-state index in [1.165, 1.54) is 38.5 Å². The summed E-state index contributed by atoms with van der Waals surface area (Å²) in [6, 6.07) is 0. The van der Waals surface area contributed by atoms with Gasteiger partial charge in [0.2, 0.25) is 5.91 Å². The maximum atomic E-state index is 12.0. The lowest BCUT2D eigenvalue weighted by Crippen LogP contribution is -2.52. The largest absolute Gasteiger partial charge is 0.356 e. The standard InChI is InChI=1S/C16H26N2O/c19-15(4-14-8-17-9-14)18-10-16-5-11-1-12(6-16)3-13(2-11)7-16/h11-14,17H,1-10H2,(H,18,19). The molecule has 0 aromatic carbocycles. The lowest BCUT2D eigenvalue weighted by Gasteiger charge is -2.57. The van der Waals surface area contributed by atoms with Gasteiger partial charge < -0.3 is 10.6 Å². The van der Waals surface area contributed by atoms with Crippen LogP contribution in [0, 0.1) is 29.1 Å². The summed E-state index contributed by atoms with van der Waals surface area (Å²) in [5.41, 5.74) is 0.488. The Morgan fingerprint density at radius 1 is 1.05 bits per heavy atom. The van der Waals surface area contributed by atoms with Gasteiger partial charge in [0.05, 0.1) is 0 Å². The van der Waals surface area contributed by atoms with Crippen LogP contribution in [0.5, 0.6) is 0 Å². The molecule has 3 heteroatoms. The van der Waals surface area contributed by atoms with Gasteiger partial charge in [-0.05, 0) is 80.7 Å². The minimum atomic E-state index is 0.294. The van der Waals surface area contributed by atoms with Crippen LogP contribution >= 0.6 is 0 Å². The van der Waals surface area contributed by atoms with Gasteiger partial charge in [0.1, 0.15) is 0 Å². The van der Waals surface area contributed by atoms with E-state index in [1.807, 2.05) is 0 Å². The predicted molar refractivity (Wildman–Crippen MR) is 74.6 cm³/mol. The number of nitrogens with one attached hydrogen (secondary N) is 2. The minimum absolute atomic E-state index is 0.294. The third-order valence-electron chi connectivity index (χ3n) is 6.17. The molecule has 1 heterocycles. The summed E-state index contributed by atoms with van der Waals surface area (Å²) in [6.45, 7) is 3.03. The minimum Gasteiger partial charge on any atom is -0.356 e. The number of amides is 1. The van der Waals surface area contributed by atoms with Crippen molar-refractivity contribution in [3.63, 3.8) is 0 Å². The van der Waals surface area contributed by atoms with E-state index in [9.17, 15) is 4.79 Å². The molecule has 1 saturated heterocycles. The van der Waals surface area contributed by atoms with E-state index in [4.69, 9.17) is 0 Å². The fourth-order valence-electron chi connectivity index (χ4n) is 5.62. The Morgan fingerprint density at radius 3 is 2.11 bits per heavy atom. The van der Waals surface area contributed by atoms with Crippen LogP contribution in [0.15, 0.2) is 0 Å². The van der Waals surface area contributed by atoms with Crippen LogP contribution in [0.4, 0.5) is 0 Å². The van der Waals surface area contributed by atoms with Crippen LogP contribution in [-0.2, 0) is 4.79 Å². The zero-order valence-electron chi connectivity index (χ0n) is 11.8. The Kier molecular flexibility index (Phi) is 2.87. The van der Waals surface area contributed by atoms with Crippen molar-refractivity contribution < 1.29 is 4.79 Å². The molecule has 2 N–H and O–H groups in total. The summed E-state index contributed by atoms with van der Waals surface area (Å²) >= 11 is 0. The zero-order chi connectivity index (χ0) is 12.9. The van der Waals surface area contributed by atoms with E-state index in [0.29, 0.717) is 17.2 Å². The van der Waals surface area contributed by atoms with Crippen molar-refractivity contribution >= 4 is 5.91 Å². The van der Waals surface area contributed by atoms with Gasteiger partial charge in [-0.25, -0.2) is 0 Å². The first-order valence-corrected chi connectivity index (χ1v) is 8.18. The maximum absolute atomic E-state index is 12.0. The topological polar surface area (TPSA) is 41.1 Å². The van der Waals surface area contributed by atoms with E-state index >= 15 is 0 Å².